The van der Waals surface area contributed by atoms with Gasteiger partial charge >= 0.3 is 0 Å². The molecule has 2 rings (SSSR count). The number of methoxy groups -OCH3 is 1. The summed E-state index contributed by atoms with van der Waals surface area (Å²) in [6.07, 6.45) is 2.28. The van der Waals surface area contributed by atoms with E-state index in [1.807, 2.05) is 0 Å². The number of rotatable bonds is 8. The van der Waals surface area contributed by atoms with Gasteiger partial charge in [-0.1, -0.05) is 11.8 Å². The van der Waals surface area contributed by atoms with Crippen LogP contribution in [0.3, 0.4) is 0 Å². The van der Waals surface area contributed by atoms with Crippen molar-refractivity contribution in [2.24, 2.45) is 5.73 Å². The Hall–Kier alpha value is -1.12. The smallest absolute Gasteiger partial charge is 0.230 e. The SMILES string of the molecule is COCCNC(=O)CSc1nnc(CN)n1C1CC1. The van der Waals surface area contributed by atoms with Crippen LogP contribution in [-0.2, 0) is 16.1 Å². The van der Waals surface area contributed by atoms with Crippen LogP contribution in [0.15, 0.2) is 5.16 Å². The van der Waals surface area contributed by atoms with Crippen LogP contribution >= 0.6 is 11.8 Å². The molecule has 1 fully saturated rings. The van der Waals surface area contributed by atoms with Crippen molar-refractivity contribution in [3.8, 4) is 0 Å². The van der Waals surface area contributed by atoms with E-state index in [4.69, 9.17) is 10.5 Å². The van der Waals surface area contributed by atoms with Crippen molar-refractivity contribution in [3.63, 3.8) is 0 Å². The van der Waals surface area contributed by atoms with Gasteiger partial charge in [-0.05, 0) is 12.8 Å². The fourth-order valence-electron chi connectivity index (χ4n) is 1.72. The molecule has 1 aromatic heterocycles. The Morgan fingerprint density at radius 2 is 2.37 bits per heavy atom. The quantitative estimate of drug-likeness (QED) is 0.513. The highest BCUT2D eigenvalue weighted by atomic mass is 32.2. The summed E-state index contributed by atoms with van der Waals surface area (Å²) in [7, 11) is 1.60. The summed E-state index contributed by atoms with van der Waals surface area (Å²) in [5.74, 6) is 1.10. The maximum atomic E-state index is 11.6. The standard InChI is InChI=1S/C11H19N5O2S/c1-18-5-4-13-10(17)7-19-11-15-14-9(6-12)16(11)8-2-3-8/h8H,2-7,12H2,1H3,(H,13,17). The van der Waals surface area contributed by atoms with Crippen LogP contribution in [-0.4, -0.2) is 46.7 Å². The Labute approximate surface area is 116 Å². The van der Waals surface area contributed by atoms with Gasteiger partial charge in [-0.15, -0.1) is 10.2 Å². The zero-order chi connectivity index (χ0) is 13.7. The van der Waals surface area contributed by atoms with Crippen molar-refractivity contribution >= 4 is 17.7 Å². The Bertz CT molecular complexity index is 433. The average Bonchev–Trinajstić information content (AvgIpc) is 3.17. The number of nitrogens with zero attached hydrogens (tertiary/aromatic N) is 3. The molecule has 7 nitrogen and oxygen atoms in total. The number of hydrogen-bond acceptors (Lipinski definition) is 6. The fraction of sp³-hybridized carbons (Fsp3) is 0.727. The zero-order valence-electron chi connectivity index (χ0n) is 11.0. The van der Waals surface area contributed by atoms with Crippen LogP contribution in [0.4, 0.5) is 0 Å². The molecular weight excluding hydrogens is 266 g/mol. The summed E-state index contributed by atoms with van der Waals surface area (Å²) in [6.45, 7) is 1.43. The van der Waals surface area contributed by atoms with Gasteiger partial charge in [0.15, 0.2) is 5.16 Å². The average molecular weight is 285 g/mol. The normalized spacial score (nSPS) is 14.6. The second kappa shape index (κ2) is 6.88. The number of amides is 1. The lowest BCUT2D eigenvalue weighted by Gasteiger charge is -2.07. The molecule has 0 aromatic carbocycles. The minimum absolute atomic E-state index is 0.0262. The van der Waals surface area contributed by atoms with E-state index < -0.39 is 0 Å². The molecule has 1 aliphatic rings. The number of aromatic nitrogens is 3. The van der Waals surface area contributed by atoms with Crippen molar-refractivity contribution in [1.82, 2.24) is 20.1 Å². The third-order valence-corrected chi connectivity index (χ3v) is 3.73. The lowest BCUT2D eigenvalue weighted by Crippen LogP contribution is -2.28. The summed E-state index contributed by atoms with van der Waals surface area (Å²) >= 11 is 1.40. The van der Waals surface area contributed by atoms with Gasteiger partial charge in [0.05, 0.1) is 18.9 Å². The molecule has 8 heteroatoms. The van der Waals surface area contributed by atoms with Crippen molar-refractivity contribution in [2.75, 3.05) is 26.0 Å². The Morgan fingerprint density at radius 1 is 1.58 bits per heavy atom. The fourth-order valence-corrected chi connectivity index (χ4v) is 2.57. The Kier molecular flexibility index (Phi) is 5.17. The predicted molar refractivity (Wildman–Crippen MR) is 71.8 cm³/mol. The molecule has 0 unspecified atom stereocenters. The summed E-state index contributed by atoms with van der Waals surface area (Å²) in [4.78, 5) is 11.6. The minimum Gasteiger partial charge on any atom is -0.383 e. The van der Waals surface area contributed by atoms with Gasteiger partial charge in [0.25, 0.3) is 0 Å². The van der Waals surface area contributed by atoms with E-state index in [2.05, 4.69) is 20.1 Å². The molecule has 3 N–H and O–H groups in total. The van der Waals surface area contributed by atoms with E-state index in [1.54, 1.807) is 7.11 Å². The third-order valence-electron chi connectivity index (χ3n) is 2.79. The molecule has 0 spiro atoms. The molecule has 1 aliphatic carbocycles. The maximum Gasteiger partial charge on any atom is 0.230 e. The number of carbonyl (C=O) groups is 1. The van der Waals surface area contributed by atoms with Gasteiger partial charge in [0.2, 0.25) is 5.91 Å². The number of hydrogen-bond donors (Lipinski definition) is 2. The van der Waals surface area contributed by atoms with Gasteiger partial charge in [-0.2, -0.15) is 0 Å². The van der Waals surface area contributed by atoms with Crippen LogP contribution in [0.2, 0.25) is 0 Å². The molecule has 0 radical (unpaired) electrons. The van der Waals surface area contributed by atoms with E-state index in [9.17, 15) is 4.79 Å². The number of nitrogens with two attached hydrogens (primary N) is 1. The van der Waals surface area contributed by atoms with Crippen LogP contribution < -0.4 is 11.1 Å². The zero-order valence-corrected chi connectivity index (χ0v) is 11.8. The minimum atomic E-state index is -0.0262. The van der Waals surface area contributed by atoms with Gasteiger partial charge in [0.1, 0.15) is 5.82 Å². The first-order valence-electron chi connectivity index (χ1n) is 6.28. The monoisotopic (exact) mass is 285 g/mol. The lowest BCUT2D eigenvalue weighted by atomic mass is 10.5. The Morgan fingerprint density at radius 3 is 3.00 bits per heavy atom. The number of ether oxygens (including phenoxy) is 1. The third kappa shape index (κ3) is 3.92. The molecular formula is C11H19N5O2S. The van der Waals surface area contributed by atoms with Gasteiger partial charge in [-0.25, -0.2) is 0 Å². The van der Waals surface area contributed by atoms with Crippen LogP contribution in [0.1, 0.15) is 24.7 Å². The number of carbonyl (C=O) groups excluding carboxylic acids is 1. The highest BCUT2D eigenvalue weighted by Gasteiger charge is 2.29. The summed E-state index contributed by atoms with van der Waals surface area (Å²) in [5, 5.41) is 11.7. The molecule has 0 saturated heterocycles. The van der Waals surface area contributed by atoms with E-state index in [-0.39, 0.29) is 5.91 Å². The Balaban J connectivity index is 1.85. The summed E-state index contributed by atoms with van der Waals surface area (Å²) in [6, 6.07) is 0.465. The molecule has 1 saturated carbocycles. The van der Waals surface area contributed by atoms with Gasteiger partial charge in [0, 0.05) is 19.7 Å². The molecule has 1 amide bonds. The van der Waals surface area contributed by atoms with E-state index in [0.717, 1.165) is 23.8 Å². The summed E-state index contributed by atoms with van der Waals surface area (Å²) in [5.41, 5.74) is 5.64. The van der Waals surface area contributed by atoms with Crippen molar-refractivity contribution in [2.45, 2.75) is 30.6 Å². The van der Waals surface area contributed by atoms with E-state index in [1.165, 1.54) is 11.8 Å². The van der Waals surface area contributed by atoms with E-state index >= 15 is 0 Å². The van der Waals surface area contributed by atoms with Crippen LogP contribution in [0, 0.1) is 0 Å². The van der Waals surface area contributed by atoms with Crippen LogP contribution in [0.25, 0.3) is 0 Å². The highest BCUT2D eigenvalue weighted by molar-refractivity contribution is 7.99. The van der Waals surface area contributed by atoms with Crippen molar-refractivity contribution in [1.29, 1.82) is 0 Å². The van der Waals surface area contributed by atoms with Gasteiger partial charge in [-0.3, -0.25) is 4.79 Å². The first kappa shape index (κ1) is 14.3. The molecule has 1 aromatic rings. The second-order valence-corrected chi connectivity index (χ2v) is 5.28. The number of thioether (sulfide) groups is 1. The second-order valence-electron chi connectivity index (χ2n) is 4.34. The molecule has 1 heterocycles. The molecule has 19 heavy (non-hydrogen) atoms. The molecule has 0 atom stereocenters. The first-order valence-corrected chi connectivity index (χ1v) is 7.27. The topological polar surface area (TPSA) is 95.1 Å². The molecule has 106 valence electrons. The molecule has 0 bridgehead atoms. The van der Waals surface area contributed by atoms with Crippen molar-refractivity contribution in [3.05, 3.63) is 5.82 Å². The first-order chi connectivity index (χ1) is 9.26. The lowest BCUT2D eigenvalue weighted by molar-refractivity contribution is -0.118. The molecule has 0 aliphatic heterocycles. The highest BCUT2D eigenvalue weighted by Crippen LogP contribution is 2.38. The van der Waals surface area contributed by atoms with E-state index in [0.29, 0.717) is 31.5 Å². The maximum absolute atomic E-state index is 11.6. The summed E-state index contributed by atoms with van der Waals surface area (Å²) < 4.78 is 6.93. The number of nitrogens with one attached hydrogen (secondary N) is 1. The van der Waals surface area contributed by atoms with Crippen LogP contribution in [0.5, 0.6) is 0 Å². The largest absolute Gasteiger partial charge is 0.383 e. The van der Waals surface area contributed by atoms with Crippen molar-refractivity contribution < 1.29 is 9.53 Å². The predicted octanol–water partition coefficient (Wildman–Crippen LogP) is -0.0736. The van der Waals surface area contributed by atoms with Gasteiger partial charge < -0.3 is 20.4 Å².